The Bertz CT molecular complexity index is 246. The summed E-state index contributed by atoms with van der Waals surface area (Å²) in [7, 11) is 3.13. The SMILES string of the molecule is [Fe+2].[Si]N[c-]1cccc1.c1cc[cH-]c1. The molecule has 0 aliphatic rings. The molecule has 0 unspecified atom stereocenters. The molecule has 2 rings (SSSR count). The van der Waals surface area contributed by atoms with Gasteiger partial charge in [-0.1, -0.05) is 5.69 Å². The first-order valence-corrected chi connectivity index (χ1v) is 4.24. The molecule has 0 aliphatic carbocycles. The molecular formula is C10H10FeNSi. The zero-order valence-corrected chi connectivity index (χ0v) is 9.15. The minimum absolute atomic E-state index is 0. The molecular weight excluding hydrogens is 218 g/mol. The van der Waals surface area contributed by atoms with E-state index < -0.39 is 0 Å². The van der Waals surface area contributed by atoms with Gasteiger partial charge in [0.2, 0.25) is 0 Å². The Hall–Kier alpha value is -0.764. The number of nitrogens with one attached hydrogen (secondary N) is 1. The zero-order valence-electron chi connectivity index (χ0n) is 7.05. The summed E-state index contributed by atoms with van der Waals surface area (Å²) >= 11 is 0. The molecule has 0 saturated heterocycles. The van der Waals surface area contributed by atoms with E-state index in [0.29, 0.717) is 0 Å². The second-order valence-electron chi connectivity index (χ2n) is 2.26. The largest absolute Gasteiger partial charge is 2.00 e. The summed E-state index contributed by atoms with van der Waals surface area (Å²) in [5, 5.41) is 0. The van der Waals surface area contributed by atoms with Crippen molar-refractivity contribution in [3.05, 3.63) is 54.6 Å². The predicted octanol–water partition coefficient (Wildman–Crippen LogP) is 2.30. The molecule has 2 aromatic carbocycles. The van der Waals surface area contributed by atoms with E-state index in [1.807, 2.05) is 54.6 Å². The molecule has 3 heteroatoms. The molecule has 0 amide bonds. The van der Waals surface area contributed by atoms with Crippen LogP contribution >= 0.6 is 0 Å². The Labute approximate surface area is 92.9 Å². The Morgan fingerprint density at radius 1 is 1.00 bits per heavy atom. The van der Waals surface area contributed by atoms with Crippen molar-refractivity contribution in [2.24, 2.45) is 0 Å². The maximum Gasteiger partial charge on any atom is 2.00 e. The molecule has 0 saturated carbocycles. The molecule has 0 heterocycles. The van der Waals surface area contributed by atoms with Gasteiger partial charge in [0.25, 0.3) is 0 Å². The molecule has 0 aliphatic heterocycles. The maximum absolute atomic E-state index is 3.13. The van der Waals surface area contributed by atoms with Gasteiger partial charge < -0.3 is 4.98 Å². The molecule has 0 fully saturated rings. The number of hydrogen-bond acceptors (Lipinski definition) is 1. The van der Waals surface area contributed by atoms with Crippen LogP contribution in [0, 0.1) is 0 Å². The molecule has 1 N–H and O–H groups in total. The van der Waals surface area contributed by atoms with Crippen molar-refractivity contribution in [3.8, 4) is 0 Å². The molecule has 2 aromatic rings. The first-order valence-electron chi connectivity index (χ1n) is 3.74. The van der Waals surface area contributed by atoms with E-state index in [1.165, 1.54) is 0 Å². The maximum atomic E-state index is 3.13. The fraction of sp³-hybridized carbons (Fsp3) is 0. The fourth-order valence-electron chi connectivity index (χ4n) is 0.778. The van der Waals surface area contributed by atoms with Gasteiger partial charge in [-0.05, 0) is 0 Å². The molecule has 1 nitrogen and oxygen atoms in total. The molecule has 0 aromatic heterocycles. The first-order chi connectivity index (χ1) is 5.93. The number of anilines is 1. The Balaban J connectivity index is 0.000000215. The molecule has 3 radical (unpaired) electrons. The van der Waals surface area contributed by atoms with Gasteiger partial charge in [-0.3, -0.25) is 0 Å². The Kier molecular flexibility index (Phi) is 7.40. The van der Waals surface area contributed by atoms with E-state index in [1.54, 1.807) is 0 Å². The second kappa shape index (κ2) is 7.86. The van der Waals surface area contributed by atoms with Gasteiger partial charge in [0.1, 0.15) is 0 Å². The van der Waals surface area contributed by atoms with Gasteiger partial charge in [0, 0.05) is 0 Å². The Morgan fingerprint density at radius 3 is 1.77 bits per heavy atom. The summed E-state index contributed by atoms with van der Waals surface area (Å²) < 4.78 is 0. The summed E-state index contributed by atoms with van der Waals surface area (Å²) in [5.74, 6) is 0. The van der Waals surface area contributed by atoms with Crippen molar-refractivity contribution >= 4 is 16.1 Å². The summed E-state index contributed by atoms with van der Waals surface area (Å²) in [6, 6.07) is 17.9. The third-order valence-corrected chi connectivity index (χ3v) is 1.65. The first kappa shape index (κ1) is 12.2. The third kappa shape index (κ3) is 5.47. The quantitative estimate of drug-likeness (QED) is 0.583. The van der Waals surface area contributed by atoms with E-state index in [0.717, 1.165) is 5.69 Å². The number of rotatable bonds is 1. The van der Waals surface area contributed by atoms with Crippen LogP contribution in [0.2, 0.25) is 0 Å². The van der Waals surface area contributed by atoms with Crippen molar-refractivity contribution in [2.75, 3.05) is 4.98 Å². The van der Waals surface area contributed by atoms with Crippen molar-refractivity contribution in [3.63, 3.8) is 0 Å². The van der Waals surface area contributed by atoms with Crippen LogP contribution in [0.4, 0.5) is 5.69 Å². The average molecular weight is 228 g/mol. The van der Waals surface area contributed by atoms with Crippen LogP contribution in [0.25, 0.3) is 0 Å². The van der Waals surface area contributed by atoms with E-state index in [2.05, 4.69) is 15.4 Å². The van der Waals surface area contributed by atoms with Crippen LogP contribution in [-0.4, -0.2) is 10.4 Å². The molecule has 0 atom stereocenters. The standard InChI is InChI=1S/C5H5NSi.C5H5.Fe/c7-6-5-3-1-2-4-5;1-2-4-5-3-1;/h1-4,6H;1-5H;/q2*-1;+2. The number of hydrogen-bond donors (Lipinski definition) is 1. The van der Waals surface area contributed by atoms with Crippen LogP contribution in [0.3, 0.4) is 0 Å². The van der Waals surface area contributed by atoms with Gasteiger partial charge in [0.05, 0.1) is 0 Å². The Morgan fingerprint density at radius 2 is 1.54 bits per heavy atom. The average Bonchev–Trinajstić information content (AvgIpc) is 2.81. The van der Waals surface area contributed by atoms with Gasteiger partial charge >= 0.3 is 17.1 Å². The minimum Gasteiger partial charge on any atom is -0.467 e. The van der Waals surface area contributed by atoms with E-state index in [9.17, 15) is 0 Å². The minimum atomic E-state index is 0. The molecule has 13 heavy (non-hydrogen) atoms. The van der Waals surface area contributed by atoms with Gasteiger partial charge in [-0.15, -0.1) is 0 Å². The molecule has 0 spiro atoms. The topological polar surface area (TPSA) is 12.0 Å². The van der Waals surface area contributed by atoms with E-state index in [4.69, 9.17) is 0 Å². The summed E-state index contributed by atoms with van der Waals surface area (Å²) in [5.41, 5.74) is 1.09. The summed E-state index contributed by atoms with van der Waals surface area (Å²) in [6.07, 6.45) is 0. The van der Waals surface area contributed by atoms with Crippen LogP contribution in [0.15, 0.2) is 54.6 Å². The fourth-order valence-corrected chi connectivity index (χ4v) is 0.945. The van der Waals surface area contributed by atoms with Crippen molar-refractivity contribution < 1.29 is 17.1 Å². The van der Waals surface area contributed by atoms with Crippen molar-refractivity contribution in [1.82, 2.24) is 0 Å². The zero-order chi connectivity index (χ0) is 8.65. The van der Waals surface area contributed by atoms with Crippen LogP contribution in [-0.2, 0) is 17.1 Å². The second-order valence-corrected chi connectivity index (χ2v) is 2.51. The van der Waals surface area contributed by atoms with Crippen LogP contribution < -0.4 is 4.98 Å². The molecule has 0 bridgehead atoms. The third-order valence-electron chi connectivity index (χ3n) is 1.36. The summed E-state index contributed by atoms with van der Waals surface area (Å²) in [4.78, 5) is 2.81. The molecule has 67 valence electrons. The van der Waals surface area contributed by atoms with E-state index in [-0.39, 0.29) is 17.1 Å². The normalized spacial score (nSPS) is 7.77. The van der Waals surface area contributed by atoms with Crippen molar-refractivity contribution in [2.45, 2.75) is 0 Å². The monoisotopic (exact) mass is 228 g/mol. The van der Waals surface area contributed by atoms with Gasteiger partial charge in [-0.2, -0.15) is 30.3 Å². The smallest absolute Gasteiger partial charge is 0.467 e. The van der Waals surface area contributed by atoms with Crippen LogP contribution in [0.1, 0.15) is 0 Å². The summed E-state index contributed by atoms with van der Waals surface area (Å²) in [6.45, 7) is 0. The van der Waals surface area contributed by atoms with Gasteiger partial charge in [-0.25, -0.2) is 24.3 Å². The van der Waals surface area contributed by atoms with Crippen LogP contribution in [0.5, 0.6) is 0 Å². The van der Waals surface area contributed by atoms with E-state index >= 15 is 0 Å². The van der Waals surface area contributed by atoms with Crippen molar-refractivity contribution in [1.29, 1.82) is 0 Å². The van der Waals surface area contributed by atoms with Gasteiger partial charge in [0.15, 0.2) is 10.4 Å². The predicted molar refractivity (Wildman–Crippen MR) is 53.4 cm³/mol.